The van der Waals surface area contributed by atoms with Crippen LogP contribution in [0, 0.1) is 0 Å². The minimum absolute atomic E-state index is 0.504. The van der Waals surface area contributed by atoms with Crippen LogP contribution in [-0.4, -0.2) is 34.0 Å². The maximum Gasteiger partial charge on any atom is 0.121 e. The van der Waals surface area contributed by atoms with Gasteiger partial charge in [0.1, 0.15) is 5.82 Å². The molecule has 0 amide bonds. The summed E-state index contributed by atoms with van der Waals surface area (Å²) in [4.78, 5) is 10.4. The molecule has 1 heterocycles. The van der Waals surface area contributed by atoms with Gasteiger partial charge in [0.2, 0.25) is 0 Å². The molecule has 1 aromatic carbocycles. The highest BCUT2D eigenvalue weighted by atomic mass is 15.2. The number of nitrogens with zero attached hydrogens (tertiary/aromatic N) is 2. The van der Waals surface area contributed by atoms with E-state index in [1.165, 1.54) is 0 Å². The van der Waals surface area contributed by atoms with Gasteiger partial charge in [0.15, 0.2) is 0 Å². The van der Waals surface area contributed by atoms with Gasteiger partial charge in [-0.2, -0.15) is 0 Å². The van der Waals surface area contributed by atoms with Crippen molar-refractivity contribution in [3.05, 3.63) is 30.1 Å². The second kappa shape index (κ2) is 5.98. The van der Waals surface area contributed by atoms with Crippen molar-refractivity contribution in [1.29, 1.82) is 0 Å². The Kier molecular flexibility index (Phi) is 4.33. The molecule has 0 fully saturated rings. The smallest absolute Gasteiger partial charge is 0.121 e. The van der Waals surface area contributed by atoms with E-state index in [-0.39, 0.29) is 0 Å². The molecular weight excluding hydrogens is 224 g/mol. The van der Waals surface area contributed by atoms with E-state index in [2.05, 4.69) is 34.8 Å². The van der Waals surface area contributed by atoms with Crippen molar-refractivity contribution >= 4 is 11.0 Å². The molecule has 0 atom stereocenters. The number of aromatic amines is 1. The number of hydrogen-bond donors (Lipinski definition) is 2. The molecule has 2 aromatic rings. The number of fused-ring (bicyclic) bond motifs is 1. The summed E-state index contributed by atoms with van der Waals surface area (Å²) in [5.74, 6) is 1.03. The van der Waals surface area contributed by atoms with Crippen molar-refractivity contribution in [2.75, 3.05) is 13.1 Å². The van der Waals surface area contributed by atoms with Gasteiger partial charge in [-0.3, -0.25) is 4.90 Å². The largest absolute Gasteiger partial charge is 0.341 e. The molecule has 0 saturated carbocycles. The Morgan fingerprint density at radius 2 is 2.11 bits per heavy atom. The lowest BCUT2D eigenvalue weighted by Gasteiger charge is -2.25. The van der Waals surface area contributed by atoms with Gasteiger partial charge in [0.05, 0.1) is 17.6 Å². The molecule has 4 heteroatoms. The summed E-state index contributed by atoms with van der Waals surface area (Å²) < 4.78 is 0. The van der Waals surface area contributed by atoms with Gasteiger partial charge in [-0.15, -0.1) is 0 Å². The van der Waals surface area contributed by atoms with Gasteiger partial charge < -0.3 is 10.7 Å². The fourth-order valence-electron chi connectivity index (χ4n) is 2.09. The molecule has 0 aliphatic heterocycles. The van der Waals surface area contributed by atoms with Crippen LogP contribution in [0.4, 0.5) is 0 Å². The van der Waals surface area contributed by atoms with Crippen LogP contribution in [0.5, 0.6) is 0 Å². The molecule has 2 rings (SSSR count). The summed E-state index contributed by atoms with van der Waals surface area (Å²) in [7, 11) is 0. The summed E-state index contributed by atoms with van der Waals surface area (Å²) in [5, 5.41) is 0. The fraction of sp³-hybridized carbons (Fsp3) is 0.500. The number of rotatable bonds is 6. The summed E-state index contributed by atoms with van der Waals surface area (Å²) in [6.07, 6.45) is 1.03. The molecule has 0 aliphatic carbocycles. The first-order valence-corrected chi connectivity index (χ1v) is 6.58. The molecule has 0 aliphatic rings. The normalized spacial score (nSPS) is 11.8. The van der Waals surface area contributed by atoms with E-state index in [4.69, 9.17) is 5.73 Å². The predicted octanol–water partition coefficient (Wildman–Crippen LogP) is 2.12. The lowest BCUT2D eigenvalue weighted by molar-refractivity contribution is 0.207. The van der Waals surface area contributed by atoms with Crippen LogP contribution in [-0.2, 0) is 6.54 Å². The van der Waals surface area contributed by atoms with E-state index in [0.717, 1.165) is 42.9 Å². The van der Waals surface area contributed by atoms with Crippen molar-refractivity contribution in [1.82, 2.24) is 14.9 Å². The lowest BCUT2D eigenvalue weighted by atomic mass is 10.3. The zero-order chi connectivity index (χ0) is 13.0. The van der Waals surface area contributed by atoms with Crippen LogP contribution in [0.25, 0.3) is 11.0 Å². The first kappa shape index (κ1) is 13.1. The first-order chi connectivity index (χ1) is 8.70. The predicted molar refractivity (Wildman–Crippen MR) is 75.3 cm³/mol. The Morgan fingerprint density at radius 1 is 1.33 bits per heavy atom. The Bertz CT molecular complexity index is 456. The van der Waals surface area contributed by atoms with Crippen molar-refractivity contribution in [2.45, 2.75) is 32.9 Å². The molecule has 98 valence electrons. The second-order valence-corrected chi connectivity index (χ2v) is 4.91. The molecule has 4 nitrogen and oxygen atoms in total. The van der Waals surface area contributed by atoms with Crippen LogP contribution in [0.1, 0.15) is 26.1 Å². The zero-order valence-electron chi connectivity index (χ0n) is 11.2. The van der Waals surface area contributed by atoms with E-state index in [1.807, 2.05) is 18.2 Å². The van der Waals surface area contributed by atoms with E-state index in [9.17, 15) is 0 Å². The average Bonchev–Trinajstić information content (AvgIpc) is 2.76. The van der Waals surface area contributed by atoms with Gasteiger partial charge in [-0.1, -0.05) is 12.1 Å². The maximum atomic E-state index is 5.58. The Labute approximate surface area is 108 Å². The van der Waals surface area contributed by atoms with Crippen LogP contribution in [0.2, 0.25) is 0 Å². The standard InChI is InChI=1S/C14H22N4/c1-11(2)18(9-5-8-15)10-14-16-12-6-3-4-7-13(12)17-14/h3-4,6-7,11H,5,8-10,15H2,1-2H3,(H,16,17). The Balaban J connectivity index is 2.10. The molecule has 0 radical (unpaired) electrons. The minimum Gasteiger partial charge on any atom is -0.341 e. The van der Waals surface area contributed by atoms with Gasteiger partial charge in [-0.05, 0) is 38.9 Å². The van der Waals surface area contributed by atoms with Crippen molar-refractivity contribution in [3.63, 3.8) is 0 Å². The fourth-order valence-corrected chi connectivity index (χ4v) is 2.09. The summed E-state index contributed by atoms with van der Waals surface area (Å²) >= 11 is 0. The highest BCUT2D eigenvalue weighted by molar-refractivity contribution is 5.74. The third-order valence-corrected chi connectivity index (χ3v) is 3.17. The number of nitrogens with two attached hydrogens (primary N) is 1. The molecular formula is C14H22N4. The summed E-state index contributed by atoms with van der Waals surface area (Å²) in [6.45, 7) is 7.03. The summed E-state index contributed by atoms with van der Waals surface area (Å²) in [5.41, 5.74) is 7.73. The zero-order valence-corrected chi connectivity index (χ0v) is 11.2. The van der Waals surface area contributed by atoms with Crippen LogP contribution < -0.4 is 5.73 Å². The van der Waals surface area contributed by atoms with Gasteiger partial charge in [0.25, 0.3) is 0 Å². The third kappa shape index (κ3) is 3.09. The van der Waals surface area contributed by atoms with E-state index >= 15 is 0 Å². The maximum absolute atomic E-state index is 5.58. The number of para-hydroxylation sites is 2. The highest BCUT2D eigenvalue weighted by Crippen LogP contribution is 2.13. The SMILES string of the molecule is CC(C)N(CCCN)Cc1nc2ccccc2[nH]1. The number of aromatic nitrogens is 2. The third-order valence-electron chi connectivity index (χ3n) is 3.17. The van der Waals surface area contributed by atoms with E-state index < -0.39 is 0 Å². The highest BCUT2D eigenvalue weighted by Gasteiger charge is 2.11. The Hall–Kier alpha value is -1.39. The van der Waals surface area contributed by atoms with Crippen LogP contribution in [0.15, 0.2) is 24.3 Å². The average molecular weight is 246 g/mol. The number of H-pyrrole nitrogens is 1. The quantitative estimate of drug-likeness (QED) is 0.821. The molecule has 0 saturated heterocycles. The molecule has 18 heavy (non-hydrogen) atoms. The van der Waals surface area contributed by atoms with Gasteiger partial charge >= 0.3 is 0 Å². The van der Waals surface area contributed by atoms with Crippen molar-refractivity contribution < 1.29 is 0 Å². The summed E-state index contributed by atoms with van der Waals surface area (Å²) in [6, 6.07) is 8.64. The van der Waals surface area contributed by atoms with E-state index in [0.29, 0.717) is 6.04 Å². The van der Waals surface area contributed by atoms with Crippen molar-refractivity contribution in [2.24, 2.45) is 5.73 Å². The molecule has 0 bridgehead atoms. The minimum atomic E-state index is 0.504. The first-order valence-electron chi connectivity index (χ1n) is 6.58. The second-order valence-electron chi connectivity index (χ2n) is 4.91. The molecule has 0 spiro atoms. The van der Waals surface area contributed by atoms with Crippen LogP contribution in [0.3, 0.4) is 0 Å². The molecule has 3 N–H and O–H groups in total. The number of hydrogen-bond acceptors (Lipinski definition) is 3. The number of imidazole rings is 1. The lowest BCUT2D eigenvalue weighted by Crippen LogP contribution is -2.32. The topological polar surface area (TPSA) is 57.9 Å². The monoisotopic (exact) mass is 246 g/mol. The van der Waals surface area contributed by atoms with Crippen molar-refractivity contribution in [3.8, 4) is 0 Å². The number of nitrogens with one attached hydrogen (secondary N) is 1. The Morgan fingerprint density at radius 3 is 2.78 bits per heavy atom. The van der Waals surface area contributed by atoms with E-state index in [1.54, 1.807) is 0 Å². The van der Waals surface area contributed by atoms with Crippen LogP contribution >= 0.6 is 0 Å². The molecule has 1 aromatic heterocycles. The molecule has 0 unspecified atom stereocenters. The van der Waals surface area contributed by atoms with Gasteiger partial charge in [0, 0.05) is 12.6 Å². The number of benzene rings is 1. The van der Waals surface area contributed by atoms with Gasteiger partial charge in [-0.25, -0.2) is 4.98 Å².